The van der Waals surface area contributed by atoms with Gasteiger partial charge in [0.05, 0.1) is 8.07 Å². The molecule has 1 nitrogen and oxygen atoms in total. The summed E-state index contributed by atoms with van der Waals surface area (Å²) in [4.78, 5) is 0. The fraction of sp³-hybridized carbons (Fsp3) is 0.500. The highest BCUT2D eigenvalue weighted by molar-refractivity contribution is 6.88. The van der Waals surface area contributed by atoms with E-state index >= 15 is 0 Å². The number of rotatable bonds is 2. The second-order valence-electron chi connectivity index (χ2n) is 5.53. The maximum Gasteiger partial charge on any atom is 0.430 e. The Labute approximate surface area is 113 Å². The molecule has 1 rings (SSSR count). The Kier molecular flexibility index (Phi) is 4.06. The van der Waals surface area contributed by atoms with Crippen molar-refractivity contribution >= 4 is 13.3 Å². The number of hydrogen-bond acceptors (Lipinski definition) is 1. The fourth-order valence-corrected chi connectivity index (χ4v) is 2.87. The molecule has 1 aromatic rings. The smallest absolute Gasteiger partial charge is 0.369 e. The summed E-state index contributed by atoms with van der Waals surface area (Å²) in [5, 5.41) is 9.91. The lowest BCUT2D eigenvalue weighted by Gasteiger charge is -2.33. The van der Waals surface area contributed by atoms with Gasteiger partial charge >= 0.3 is 12.4 Å². The number of alkyl halides is 6. The van der Waals surface area contributed by atoms with Gasteiger partial charge < -0.3 is 5.11 Å². The van der Waals surface area contributed by atoms with Crippen LogP contribution in [0.2, 0.25) is 19.6 Å². The van der Waals surface area contributed by atoms with Crippen LogP contribution >= 0.6 is 0 Å². The van der Waals surface area contributed by atoms with Gasteiger partial charge in [0, 0.05) is 5.56 Å². The van der Waals surface area contributed by atoms with E-state index in [9.17, 15) is 31.4 Å². The molecule has 1 N–H and O–H groups in total. The van der Waals surface area contributed by atoms with E-state index in [-0.39, 0.29) is 0 Å². The molecule has 0 aliphatic heterocycles. The summed E-state index contributed by atoms with van der Waals surface area (Å²) in [7, 11) is -1.85. The molecular weight excluding hydrogens is 302 g/mol. The highest BCUT2D eigenvalue weighted by Gasteiger charge is 2.71. The third-order valence-corrected chi connectivity index (χ3v) is 5.05. The lowest BCUT2D eigenvalue weighted by atomic mass is 9.92. The largest absolute Gasteiger partial charge is 0.430 e. The van der Waals surface area contributed by atoms with Crippen LogP contribution in [0.15, 0.2) is 24.3 Å². The first kappa shape index (κ1) is 17.0. The predicted octanol–water partition coefficient (Wildman–Crippen LogP) is 3.54. The van der Waals surface area contributed by atoms with Crippen molar-refractivity contribution in [3.8, 4) is 0 Å². The zero-order valence-corrected chi connectivity index (χ0v) is 12.0. The average Bonchev–Trinajstić information content (AvgIpc) is 2.24. The molecule has 0 saturated carbocycles. The Morgan fingerprint density at radius 1 is 0.800 bits per heavy atom. The van der Waals surface area contributed by atoms with Gasteiger partial charge in [-0.3, -0.25) is 0 Å². The summed E-state index contributed by atoms with van der Waals surface area (Å²) in [6.45, 7) is 5.71. The van der Waals surface area contributed by atoms with Gasteiger partial charge in [0.25, 0.3) is 5.60 Å². The van der Waals surface area contributed by atoms with Crippen molar-refractivity contribution in [2.45, 2.75) is 37.6 Å². The third kappa shape index (κ3) is 2.85. The quantitative estimate of drug-likeness (QED) is 0.653. The van der Waals surface area contributed by atoms with Crippen molar-refractivity contribution in [3.63, 3.8) is 0 Å². The zero-order valence-electron chi connectivity index (χ0n) is 11.0. The number of benzene rings is 1. The zero-order chi connectivity index (χ0) is 16.0. The van der Waals surface area contributed by atoms with Crippen molar-refractivity contribution in [2.75, 3.05) is 0 Å². The van der Waals surface area contributed by atoms with E-state index < -0.39 is 31.6 Å². The van der Waals surface area contributed by atoms with Gasteiger partial charge in [-0.2, -0.15) is 26.3 Å². The van der Waals surface area contributed by atoms with Crippen LogP contribution < -0.4 is 5.19 Å². The fourth-order valence-electron chi connectivity index (χ4n) is 1.70. The van der Waals surface area contributed by atoms with Gasteiger partial charge in [0.15, 0.2) is 0 Å². The molecule has 0 aliphatic carbocycles. The molecule has 0 spiro atoms. The topological polar surface area (TPSA) is 20.2 Å². The minimum atomic E-state index is -5.84. The van der Waals surface area contributed by atoms with Crippen LogP contribution in [-0.2, 0) is 5.60 Å². The summed E-state index contributed by atoms with van der Waals surface area (Å²) in [5.41, 5.74) is -6.07. The molecule has 0 saturated heterocycles. The Morgan fingerprint density at radius 2 is 1.15 bits per heavy atom. The van der Waals surface area contributed by atoms with Gasteiger partial charge in [-0.25, -0.2) is 0 Å². The number of hydrogen-bond donors (Lipinski definition) is 1. The molecule has 0 aliphatic rings. The van der Waals surface area contributed by atoms with E-state index in [0.29, 0.717) is 17.3 Å². The Balaban J connectivity index is 3.39. The molecule has 20 heavy (non-hydrogen) atoms. The SMILES string of the molecule is C[Si](C)(C)c1ccc(C(O)(C(F)(F)F)C(F)(F)F)cc1. The van der Waals surface area contributed by atoms with Crippen LogP contribution in [0.3, 0.4) is 0 Å². The molecular formula is C12H14F6OSi. The highest BCUT2D eigenvalue weighted by Crippen LogP contribution is 2.49. The van der Waals surface area contributed by atoms with Crippen LogP contribution in [0.4, 0.5) is 26.3 Å². The molecule has 0 aromatic heterocycles. The van der Waals surface area contributed by atoms with E-state index in [4.69, 9.17) is 0 Å². The summed E-state index contributed by atoms with van der Waals surface area (Å²) >= 11 is 0. The lowest BCUT2D eigenvalue weighted by molar-refractivity contribution is -0.376. The van der Waals surface area contributed by atoms with E-state index in [2.05, 4.69) is 0 Å². The maximum atomic E-state index is 12.7. The Hall–Kier alpha value is -1.02. The van der Waals surface area contributed by atoms with Crippen LogP contribution in [0.25, 0.3) is 0 Å². The predicted molar refractivity (Wildman–Crippen MR) is 65.4 cm³/mol. The molecule has 114 valence electrons. The summed E-state index contributed by atoms with van der Waals surface area (Å²) in [5.74, 6) is 0. The second kappa shape index (κ2) is 4.76. The van der Waals surface area contributed by atoms with Gasteiger partial charge in [0.2, 0.25) is 0 Å². The van der Waals surface area contributed by atoms with Crippen LogP contribution in [0.1, 0.15) is 5.56 Å². The van der Waals surface area contributed by atoms with Crippen molar-refractivity contribution in [1.82, 2.24) is 0 Å². The molecule has 0 bridgehead atoms. The summed E-state index contributed by atoms with van der Waals surface area (Å²) in [6, 6.07) is 3.80. The molecule has 1 aromatic carbocycles. The van der Waals surface area contributed by atoms with Gasteiger partial charge in [-0.05, 0) is 0 Å². The minimum absolute atomic E-state index is 0.689. The van der Waals surface area contributed by atoms with Gasteiger partial charge in [-0.15, -0.1) is 0 Å². The molecule has 0 fully saturated rings. The standard InChI is InChI=1S/C12H14F6OSi/c1-20(2,3)9-6-4-8(5-7-9)10(19,11(13,14)15)12(16,17)18/h4-7,19H,1-3H3. The second-order valence-corrected chi connectivity index (χ2v) is 10.6. The lowest BCUT2D eigenvalue weighted by Crippen LogP contribution is -2.54. The van der Waals surface area contributed by atoms with Gasteiger partial charge in [-0.1, -0.05) is 49.1 Å². The average molecular weight is 316 g/mol. The van der Waals surface area contributed by atoms with E-state index in [1.54, 1.807) is 0 Å². The monoisotopic (exact) mass is 316 g/mol. The highest BCUT2D eigenvalue weighted by atomic mass is 28.3. The summed E-state index contributed by atoms with van der Waals surface area (Å²) < 4.78 is 76.0. The molecule has 0 radical (unpaired) electrons. The number of halogens is 6. The van der Waals surface area contributed by atoms with Crippen molar-refractivity contribution in [2.24, 2.45) is 0 Å². The maximum absolute atomic E-state index is 12.7. The first-order valence-corrected chi connectivity index (χ1v) is 9.18. The van der Waals surface area contributed by atoms with Crippen molar-refractivity contribution in [3.05, 3.63) is 29.8 Å². The van der Waals surface area contributed by atoms with E-state index in [1.165, 1.54) is 12.1 Å². The molecule has 0 atom stereocenters. The molecule has 0 unspecified atom stereocenters. The van der Waals surface area contributed by atoms with Crippen molar-refractivity contribution in [1.29, 1.82) is 0 Å². The van der Waals surface area contributed by atoms with E-state index in [1.807, 2.05) is 19.6 Å². The Bertz CT molecular complexity index is 455. The normalized spacial score (nSPS) is 14.5. The minimum Gasteiger partial charge on any atom is -0.369 e. The van der Waals surface area contributed by atoms with Gasteiger partial charge in [0.1, 0.15) is 0 Å². The summed E-state index contributed by atoms with van der Waals surface area (Å²) in [6.07, 6.45) is -11.7. The van der Waals surface area contributed by atoms with E-state index in [0.717, 1.165) is 0 Å². The molecule has 0 amide bonds. The van der Waals surface area contributed by atoms with Crippen LogP contribution in [0.5, 0.6) is 0 Å². The Morgan fingerprint density at radius 3 is 1.40 bits per heavy atom. The number of aliphatic hydroxyl groups is 1. The molecule has 8 heteroatoms. The first-order chi connectivity index (χ1) is 8.71. The third-order valence-electron chi connectivity index (χ3n) is 2.99. The van der Waals surface area contributed by atoms with Crippen molar-refractivity contribution < 1.29 is 31.4 Å². The van der Waals surface area contributed by atoms with Crippen LogP contribution in [0, 0.1) is 0 Å². The molecule has 0 heterocycles. The van der Waals surface area contributed by atoms with Crippen LogP contribution in [-0.4, -0.2) is 25.5 Å². The first-order valence-electron chi connectivity index (χ1n) is 5.68.